The number of aromatic hydroxyl groups is 1. The lowest BCUT2D eigenvalue weighted by Gasteiger charge is -2.06. The lowest BCUT2D eigenvalue weighted by Crippen LogP contribution is -2.24. The van der Waals surface area contributed by atoms with Crippen molar-refractivity contribution in [1.82, 2.24) is 29.5 Å². The lowest BCUT2D eigenvalue weighted by atomic mass is 10.2. The first-order valence-electron chi connectivity index (χ1n) is 9.46. The Morgan fingerprint density at radius 2 is 2.00 bits per heavy atom. The molecule has 158 valence electrons. The van der Waals surface area contributed by atoms with Crippen molar-refractivity contribution in [2.75, 3.05) is 5.32 Å². The molecular formula is C19H16F2N8O2. The third-order valence-corrected chi connectivity index (χ3v) is 4.63. The van der Waals surface area contributed by atoms with Crippen molar-refractivity contribution in [3.63, 3.8) is 0 Å². The minimum atomic E-state index is -0.675. The van der Waals surface area contributed by atoms with Crippen LogP contribution >= 0.6 is 0 Å². The van der Waals surface area contributed by atoms with Crippen molar-refractivity contribution in [3.05, 3.63) is 68.6 Å². The molecular weight excluding hydrogens is 410 g/mol. The SMILES string of the molecule is O=c1[nH]c(O)c(/C=c2\cnn3c(=NC4CC4)nc(NCc4cc(F)cc(F)c4)nc23)[nH]1. The summed E-state index contributed by atoms with van der Waals surface area (Å²) >= 11 is 0. The van der Waals surface area contributed by atoms with Gasteiger partial charge in [-0.1, -0.05) is 0 Å². The molecule has 1 aromatic carbocycles. The van der Waals surface area contributed by atoms with Gasteiger partial charge in [-0.15, -0.1) is 0 Å². The molecule has 0 bridgehead atoms. The van der Waals surface area contributed by atoms with Crippen LogP contribution in [0.15, 0.2) is 34.2 Å². The molecule has 1 aliphatic carbocycles. The van der Waals surface area contributed by atoms with Gasteiger partial charge in [-0.2, -0.15) is 19.6 Å². The number of benzene rings is 1. The van der Waals surface area contributed by atoms with Crippen molar-refractivity contribution < 1.29 is 13.9 Å². The molecule has 0 aliphatic heterocycles. The first-order valence-corrected chi connectivity index (χ1v) is 9.46. The van der Waals surface area contributed by atoms with Crippen LogP contribution in [0.4, 0.5) is 14.7 Å². The number of imidazole rings is 1. The van der Waals surface area contributed by atoms with E-state index in [0.717, 1.165) is 18.9 Å². The Labute approximate surface area is 172 Å². The fraction of sp³-hybridized carbons (Fsp3) is 0.211. The Bertz CT molecular complexity index is 1450. The number of hydrogen-bond acceptors (Lipinski definition) is 7. The molecule has 0 saturated heterocycles. The van der Waals surface area contributed by atoms with Gasteiger partial charge in [0.1, 0.15) is 17.3 Å². The summed E-state index contributed by atoms with van der Waals surface area (Å²) in [6.07, 6.45) is 4.92. The number of nitrogens with one attached hydrogen (secondary N) is 3. The molecule has 4 N–H and O–H groups in total. The number of hydrogen-bond donors (Lipinski definition) is 4. The van der Waals surface area contributed by atoms with Gasteiger partial charge in [0.05, 0.1) is 12.2 Å². The molecule has 3 aromatic heterocycles. The van der Waals surface area contributed by atoms with Crippen molar-refractivity contribution in [1.29, 1.82) is 0 Å². The molecule has 1 saturated carbocycles. The van der Waals surface area contributed by atoms with Crippen LogP contribution in [0.3, 0.4) is 0 Å². The predicted molar refractivity (Wildman–Crippen MR) is 105 cm³/mol. The highest BCUT2D eigenvalue weighted by Crippen LogP contribution is 2.22. The second-order valence-corrected chi connectivity index (χ2v) is 7.16. The van der Waals surface area contributed by atoms with Gasteiger partial charge in [-0.3, -0.25) is 4.98 Å². The summed E-state index contributed by atoms with van der Waals surface area (Å²) in [6.45, 7) is 0.0901. The summed E-state index contributed by atoms with van der Waals surface area (Å²) in [4.78, 5) is 29.5. The quantitative estimate of drug-likeness (QED) is 0.364. The van der Waals surface area contributed by atoms with Gasteiger partial charge in [0.2, 0.25) is 11.8 Å². The van der Waals surface area contributed by atoms with Gasteiger partial charge in [0, 0.05) is 17.8 Å². The first-order chi connectivity index (χ1) is 14.9. The van der Waals surface area contributed by atoms with Crippen LogP contribution in [0, 0.1) is 11.6 Å². The Balaban J connectivity index is 1.58. The van der Waals surface area contributed by atoms with Gasteiger partial charge in [0.15, 0.2) is 5.65 Å². The lowest BCUT2D eigenvalue weighted by molar-refractivity contribution is 0.454. The average Bonchev–Trinajstić information content (AvgIpc) is 3.34. The monoisotopic (exact) mass is 426 g/mol. The normalized spacial score (nSPS) is 15.2. The summed E-state index contributed by atoms with van der Waals surface area (Å²) in [5.74, 6) is -1.47. The van der Waals surface area contributed by atoms with E-state index in [9.17, 15) is 18.7 Å². The zero-order chi connectivity index (χ0) is 21.5. The maximum Gasteiger partial charge on any atom is 0.326 e. The summed E-state index contributed by atoms with van der Waals surface area (Å²) in [7, 11) is 0. The number of aromatic amines is 2. The van der Waals surface area contributed by atoms with E-state index < -0.39 is 17.3 Å². The third-order valence-electron chi connectivity index (χ3n) is 4.63. The molecule has 10 nitrogen and oxygen atoms in total. The Hall–Kier alpha value is -4.09. The van der Waals surface area contributed by atoms with Crippen LogP contribution in [0.5, 0.6) is 5.88 Å². The van der Waals surface area contributed by atoms with E-state index >= 15 is 0 Å². The van der Waals surface area contributed by atoms with Crippen molar-refractivity contribution in [2.45, 2.75) is 25.4 Å². The Kier molecular flexibility index (Phi) is 4.46. The standard InChI is InChI=1S/C19H16F2N8O2/c20-11-3-9(4-12(21)6-11)7-22-17-26-15-10(5-14-16(30)27-19(31)25-14)8-23-29(15)18(28-17)24-13-1-2-13/h3-6,8,13,30H,1-2,7H2,(H,22,24,28)(H2,25,27,31)/b10-5+. The molecule has 0 amide bonds. The molecule has 5 rings (SSSR count). The summed E-state index contributed by atoms with van der Waals surface area (Å²) in [5.41, 5.74) is 0.709. The summed E-state index contributed by atoms with van der Waals surface area (Å²) in [5, 5.41) is 17.5. The molecule has 3 heterocycles. The van der Waals surface area contributed by atoms with Crippen LogP contribution in [0.1, 0.15) is 24.1 Å². The van der Waals surface area contributed by atoms with E-state index in [4.69, 9.17) is 0 Å². The van der Waals surface area contributed by atoms with Crippen LogP contribution in [-0.4, -0.2) is 40.7 Å². The van der Waals surface area contributed by atoms with Crippen molar-refractivity contribution in [2.24, 2.45) is 4.99 Å². The minimum Gasteiger partial charge on any atom is -0.493 e. The number of anilines is 1. The van der Waals surface area contributed by atoms with E-state index in [1.807, 2.05) is 0 Å². The maximum absolute atomic E-state index is 13.5. The number of rotatable bonds is 5. The molecule has 1 fully saturated rings. The van der Waals surface area contributed by atoms with E-state index in [1.165, 1.54) is 28.9 Å². The molecule has 0 radical (unpaired) electrons. The van der Waals surface area contributed by atoms with E-state index in [1.54, 1.807) is 0 Å². The van der Waals surface area contributed by atoms with Gasteiger partial charge in [-0.05, 0) is 36.6 Å². The highest BCUT2D eigenvalue weighted by molar-refractivity contribution is 5.57. The van der Waals surface area contributed by atoms with Crippen molar-refractivity contribution >= 4 is 17.7 Å². The Morgan fingerprint density at radius 3 is 2.68 bits per heavy atom. The van der Waals surface area contributed by atoms with Crippen LogP contribution in [0.2, 0.25) is 0 Å². The van der Waals surface area contributed by atoms with E-state index in [-0.39, 0.29) is 30.1 Å². The smallest absolute Gasteiger partial charge is 0.326 e. The average molecular weight is 426 g/mol. The van der Waals surface area contributed by atoms with Crippen LogP contribution < -0.4 is 21.8 Å². The minimum absolute atomic E-state index is 0.0901. The van der Waals surface area contributed by atoms with Gasteiger partial charge < -0.3 is 15.4 Å². The topological polar surface area (TPSA) is 136 Å². The van der Waals surface area contributed by atoms with E-state index in [2.05, 4.69) is 35.3 Å². The molecule has 31 heavy (non-hydrogen) atoms. The molecule has 0 spiro atoms. The molecule has 0 atom stereocenters. The summed E-state index contributed by atoms with van der Waals surface area (Å²) in [6, 6.07) is 3.39. The maximum atomic E-state index is 13.5. The van der Waals surface area contributed by atoms with Crippen molar-refractivity contribution in [3.8, 4) is 5.88 Å². The van der Waals surface area contributed by atoms with Gasteiger partial charge >= 0.3 is 5.69 Å². The van der Waals surface area contributed by atoms with Crippen LogP contribution in [-0.2, 0) is 6.54 Å². The number of halogens is 2. The number of fused-ring (bicyclic) bond motifs is 1. The van der Waals surface area contributed by atoms with Gasteiger partial charge in [-0.25, -0.2) is 18.6 Å². The third kappa shape index (κ3) is 3.99. The fourth-order valence-corrected chi connectivity index (χ4v) is 3.05. The highest BCUT2D eigenvalue weighted by atomic mass is 19.1. The molecule has 4 aromatic rings. The van der Waals surface area contributed by atoms with Gasteiger partial charge in [0.25, 0.3) is 5.62 Å². The van der Waals surface area contributed by atoms with E-state index in [0.29, 0.717) is 22.0 Å². The second kappa shape index (κ2) is 7.31. The number of H-pyrrole nitrogens is 2. The molecule has 0 unspecified atom stereocenters. The predicted octanol–water partition coefficient (Wildman–Crippen LogP) is 0.347. The number of aromatic nitrogens is 6. The fourth-order valence-electron chi connectivity index (χ4n) is 3.05. The largest absolute Gasteiger partial charge is 0.493 e. The van der Waals surface area contributed by atoms with Crippen LogP contribution in [0.25, 0.3) is 11.7 Å². The first kappa shape index (κ1) is 18.9. The molecule has 1 aliphatic rings. The molecule has 12 heteroatoms. The highest BCUT2D eigenvalue weighted by Gasteiger charge is 2.21. The summed E-state index contributed by atoms with van der Waals surface area (Å²) < 4.78 is 28.4. The Morgan fingerprint density at radius 1 is 1.23 bits per heavy atom. The zero-order valence-electron chi connectivity index (χ0n) is 15.9. The zero-order valence-corrected chi connectivity index (χ0v) is 15.9. The second-order valence-electron chi connectivity index (χ2n) is 7.16. The number of nitrogens with zero attached hydrogens (tertiary/aromatic N) is 5.